The maximum absolute atomic E-state index is 10.8. The molecule has 19 heavy (non-hydrogen) atoms. The second-order valence-electron chi connectivity index (χ2n) is 4.55. The first-order valence-corrected chi connectivity index (χ1v) is 6.29. The van der Waals surface area contributed by atoms with Crippen LogP contribution in [0.25, 0.3) is 11.3 Å². The van der Waals surface area contributed by atoms with Crippen LogP contribution >= 0.6 is 0 Å². The fraction of sp³-hybridized carbons (Fsp3) is 0.267. The molecule has 0 atom stereocenters. The zero-order valence-electron chi connectivity index (χ0n) is 11.2. The first-order valence-electron chi connectivity index (χ1n) is 6.29. The molecule has 98 valence electrons. The highest BCUT2D eigenvalue weighted by Crippen LogP contribution is 2.17. The van der Waals surface area contributed by atoms with E-state index in [1.54, 1.807) is 6.92 Å². The van der Waals surface area contributed by atoms with E-state index in [9.17, 15) is 4.79 Å². The van der Waals surface area contributed by atoms with Crippen molar-refractivity contribution < 1.29 is 4.79 Å². The Kier molecular flexibility index (Phi) is 4.23. The summed E-state index contributed by atoms with van der Waals surface area (Å²) < 4.78 is 0. The lowest BCUT2D eigenvalue weighted by Gasteiger charge is -2.05. The van der Waals surface area contributed by atoms with E-state index in [2.05, 4.69) is 34.6 Å². The van der Waals surface area contributed by atoms with E-state index in [-0.39, 0.29) is 5.78 Å². The lowest BCUT2D eigenvalue weighted by molar-refractivity contribution is -0.116. The zero-order chi connectivity index (χ0) is 13.7. The summed E-state index contributed by atoms with van der Waals surface area (Å²) in [6.45, 7) is 4.22. The number of aryl methyl sites for hydroxylation is 1. The first kappa shape index (κ1) is 13.2. The number of rotatable bonds is 5. The number of anilines is 1. The lowest BCUT2D eigenvalue weighted by Crippen LogP contribution is -2.07. The molecule has 0 aliphatic carbocycles. The molecule has 0 amide bonds. The highest BCUT2D eigenvalue weighted by atomic mass is 16.1. The van der Waals surface area contributed by atoms with Gasteiger partial charge < -0.3 is 5.32 Å². The van der Waals surface area contributed by atoms with E-state index >= 15 is 0 Å². The van der Waals surface area contributed by atoms with Gasteiger partial charge in [-0.15, -0.1) is 10.2 Å². The second kappa shape index (κ2) is 6.09. The SMILES string of the molecule is CC(=O)CCNc1ccc(-c2ccc(C)cc2)nn1. The van der Waals surface area contributed by atoms with Crippen LogP contribution < -0.4 is 5.32 Å². The van der Waals surface area contributed by atoms with E-state index < -0.39 is 0 Å². The normalized spacial score (nSPS) is 10.2. The minimum Gasteiger partial charge on any atom is -0.368 e. The maximum atomic E-state index is 10.8. The van der Waals surface area contributed by atoms with Crippen LogP contribution in [0.3, 0.4) is 0 Å². The highest BCUT2D eigenvalue weighted by molar-refractivity contribution is 5.75. The van der Waals surface area contributed by atoms with Gasteiger partial charge >= 0.3 is 0 Å². The smallest absolute Gasteiger partial charge is 0.148 e. The summed E-state index contributed by atoms with van der Waals surface area (Å²) >= 11 is 0. The van der Waals surface area contributed by atoms with Crippen LogP contribution in [0.5, 0.6) is 0 Å². The molecule has 0 aliphatic rings. The van der Waals surface area contributed by atoms with Gasteiger partial charge in [0.2, 0.25) is 0 Å². The Morgan fingerprint density at radius 3 is 2.42 bits per heavy atom. The van der Waals surface area contributed by atoms with Gasteiger partial charge in [0.25, 0.3) is 0 Å². The summed E-state index contributed by atoms with van der Waals surface area (Å²) in [6.07, 6.45) is 0.501. The second-order valence-corrected chi connectivity index (χ2v) is 4.55. The molecule has 4 nitrogen and oxygen atoms in total. The van der Waals surface area contributed by atoms with Gasteiger partial charge in [0.15, 0.2) is 0 Å². The molecule has 0 unspecified atom stereocenters. The molecule has 1 aromatic carbocycles. The molecule has 0 saturated carbocycles. The number of nitrogens with zero attached hydrogens (tertiary/aromatic N) is 2. The molecule has 1 aromatic heterocycles. The Balaban J connectivity index is 2.02. The van der Waals surface area contributed by atoms with Gasteiger partial charge in [-0.25, -0.2) is 0 Å². The van der Waals surface area contributed by atoms with Gasteiger partial charge in [0.1, 0.15) is 11.6 Å². The number of Topliss-reactive ketones (excluding diaryl/α,β-unsaturated/α-hetero) is 1. The maximum Gasteiger partial charge on any atom is 0.148 e. The van der Waals surface area contributed by atoms with E-state index in [1.807, 2.05) is 24.3 Å². The molecule has 1 N–H and O–H groups in total. The fourth-order valence-electron chi connectivity index (χ4n) is 1.67. The van der Waals surface area contributed by atoms with E-state index in [0.29, 0.717) is 18.8 Å². The molecule has 0 fully saturated rings. The van der Waals surface area contributed by atoms with Gasteiger partial charge in [0.05, 0.1) is 5.69 Å². The van der Waals surface area contributed by atoms with Crippen molar-refractivity contribution >= 4 is 11.6 Å². The molecule has 0 radical (unpaired) electrons. The predicted octanol–water partition coefficient (Wildman–Crippen LogP) is 2.84. The standard InChI is InChI=1S/C15H17N3O/c1-11-3-5-13(6-4-11)14-7-8-15(18-17-14)16-10-9-12(2)19/h3-8H,9-10H2,1-2H3,(H,16,18). The van der Waals surface area contributed by atoms with Crippen molar-refractivity contribution in [2.75, 3.05) is 11.9 Å². The van der Waals surface area contributed by atoms with Crippen molar-refractivity contribution in [3.8, 4) is 11.3 Å². The quantitative estimate of drug-likeness (QED) is 0.892. The fourth-order valence-corrected chi connectivity index (χ4v) is 1.67. The molecular weight excluding hydrogens is 238 g/mol. The largest absolute Gasteiger partial charge is 0.368 e. The van der Waals surface area contributed by atoms with E-state index in [4.69, 9.17) is 0 Å². The average molecular weight is 255 g/mol. The predicted molar refractivity (Wildman–Crippen MR) is 76.0 cm³/mol. The summed E-state index contributed by atoms with van der Waals surface area (Å²) in [6, 6.07) is 12.0. The van der Waals surface area contributed by atoms with Gasteiger partial charge in [-0.2, -0.15) is 0 Å². The van der Waals surface area contributed by atoms with Crippen LogP contribution in [0, 0.1) is 6.92 Å². The molecule has 0 spiro atoms. The van der Waals surface area contributed by atoms with Crippen LogP contribution in [0.2, 0.25) is 0 Å². The van der Waals surface area contributed by atoms with Crippen molar-refractivity contribution in [3.05, 3.63) is 42.0 Å². The molecular formula is C15H17N3O. The number of carbonyl (C=O) groups excluding carboxylic acids is 1. The molecule has 2 rings (SSSR count). The van der Waals surface area contributed by atoms with Gasteiger partial charge in [0, 0.05) is 18.5 Å². The minimum atomic E-state index is 0.164. The van der Waals surface area contributed by atoms with Crippen LogP contribution in [-0.2, 0) is 4.79 Å². The van der Waals surface area contributed by atoms with Crippen LogP contribution in [-0.4, -0.2) is 22.5 Å². The monoisotopic (exact) mass is 255 g/mol. The molecule has 4 heteroatoms. The first-order chi connectivity index (χ1) is 9.15. The van der Waals surface area contributed by atoms with Crippen LogP contribution in [0.15, 0.2) is 36.4 Å². The Morgan fingerprint density at radius 1 is 1.11 bits per heavy atom. The van der Waals surface area contributed by atoms with E-state index in [1.165, 1.54) is 5.56 Å². The summed E-state index contributed by atoms with van der Waals surface area (Å²) in [7, 11) is 0. The van der Waals surface area contributed by atoms with Crippen molar-refractivity contribution in [1.29, 1.82) is 0 Å². The van der Waals surface area contributed by atoms with Crippen molar-refractivity contribution in [2.24, 2.45) is 0 Å². The molecule has 0 aliphatic heterocycles. The minimum absolute atomic E-state index is 0.164. The number of carbonyl (C=O) groups is 1. The summed E-state index contributed by atoms with van der Waals surface area (Å²) in [4.78, 5) is 10.8. The van der Waals surface area contributed by atoms with Gasteiger partial charge in [-0.05, 0) is 26.0 Å². The zero-order valence-corrected chi connectivity index (χ0v) is 11.2. The topological polar surface area (TPSA) is 54.9 Å². The third-order valence-corrected chi connectivity index (χ3v) is 2.80. The Labute approximate surface area is 112 Å². The molecule has 2 aromatic rings. The lowest BCUT2D eigenvalue weighted by atomic mass is 10.1. The summed E-state index contributed by atoms with van der Waals surface area (Å²) in [5.74, 6) is 0.855. The summed E-state index contributed by atoms with van der Waals surface area (Å²) in [5, 5.41) is 11.4. The van der Waals surface area contributed by atoms with Crippen LogP contribution in [0.1, 0.15) is 18.9 Å². The van der Waals surface area contributed by atoms with Crippen molar-refractivity contribution in [1.82, 2.24) is 10.2 Å². The van der Waals surface area contributed by atoms with Crippen molar-refractivity contribution in [2.45, 2.75) is 20.3 Å². The molecule has 0 bridgehead atoms. The number of benzene rings is 1. The number of ketones is 1. The van der Waals surface area contributed by atoms with Gasteiger partial charge in [-0.3, -0.25) is 4.79 Å². The Morgan fingerprint density at radius 2 is 1.84 bits per heavy atom. The Hall–Kier alpha value is -2.23. The van der Waals surface area contributed by atoms with Crippen LogP contribution in [0.4, 0.5) is 5.82 Å². The summed E-state index contributed by atoms with van der Waals surface area (Å²) in [5.41, 5.74) is 3.12. The van der Waals surface area contributed by atoms with Gasteiger partial charge in [-0.1, -0.05) is 29.8 Å². The number of nitrogens with one attached hydrogen (secondary N) is 1. The number of hydrogen-bond donors (Lipinski definition) is 1. The average Bonchev–Trinajstić information content (AvgIpc) is 2.40. The Bertz CT molecular complexity index is 547. The molecule has 1 heterocycles. The third kappa shape index (κ3) is 3.88. The highest BCUT2D eigenvalue weighted by Gasteiger charge is 2.01. The molecule has 0 saturated heterocycles. The van der Waals surface area contributed by atoms with E-state index in [0.717, 1.165) is 11.3 Å². The third-order valence-electron chi connectivity index (χ3n) is 2.80. The number of aromatic nitrogens is 2. The van der Waals surface area contributed by atoms with Crippen molar-refractivity contribution in [3.63, 3.8) is 0 Å². The number of hydrogen-bond acceptors (Lipinski definition) is 4.